The number of anilines is 1. The van der Waals surface area contributed by atoms with Crippen molar-refractivity contribution < 1.29 is 17.2 Å². The summed E-state index contributed by atoms with van der Waals surface area (Å²) in [4.78, 5) is 2.62. The van der Waals surface area contributed by atoms with Gasteiger partial charge in [-0.1, -0.05) is 18.2 Å². The maximum Gasteiger partial charge on any atom is 0.263 e. The lowest BCUT2D eigenvalue weighted by atomic mass is 10.1. The number of benzene rings is 2. The lowest BCUT2D eigenvalue weighted by molar-refractivity contribution is 0.598. The quantitative estimate of drug-likeness (QED) is 0.747. The van der Waals surface area contributed by atoms with E-state index in [4.69, 9.17) is 0 Å². The van der Waals surface area contributed by atoms with Crippen molar-refractivity contribution in [3.05, 3.63) is 71.9 Å². The molecule has 0 aliphatic heterocycles. The Labute approximate surface area is 138 Å². The van der Waals surface area contributed by atoms with Crippen molar-refractivity contribution in [3.63, 3.8) is 0 Å². The molecule has 7 heteroatoms. The first-order chi connectivity index (χ1) is 11.4. The molecule has 0 bridgehead atoms. The Balaban J connectivity index is 1.92. The van der Waals surface area contributed by atoms with Gasteiger partial charge in [0.05, 0.1) is 5.69 Å². The fourth-order valence-corrected chi connectivity index (χ4v) is 3.33. The molecule has 0 spiro atoms. The first kappa shape index (κ1) is 16.2. The van der Waals surface area contributed by atoms with Gasteiger partial charge in [-0.2, -0.15) is 0 Å². The van der Waals surface area contributed by atoms with Crippen molar-refractivity contribution in [2.45, 2.75) is 11.8 Å². The third-order valence-electron chi connectivity index (χ3n) is 3.50. The average molecular weight is 348 g/mol. The summed E-state index contributed by atoms with van der Waals surface area (Å²) in [6, 6.07) is 11.5. The topological polar surface area (TPSA) is 62.0 Å². The second-order valence-electron chi connectivity index (χ2n) is 5.32. The van der Waals surface area contributed by atoms with Gasteiger partial charge < -0.3 is 4.98 Å². The molecular weight excluding hydrogens is 334 g/mol. The molecule has 0 aliphatic carbocycles. The summed E-state index contributed by atoms with van der Waals surface area (Å²) < 4.78 is 54.6. The smallest absolute Gasteiger partial charge is 0.263 e. The molecular formula is C17H14F2N2O2S. The molecule has 1 aromatic heterocycles. The number of aryl methyl sites for hydroxylation is 1. The summed E-state index contributed by atoms with van der Waals surface area (Å²) in [6.07, 6.45) is 1.23. The summed E-state index contributed by atoms with van der Waals surface area (Å²) in [6.45, 7) is 1.70. The Morgan fingerprint density at radius 3 is 2.46 bits per heavy atom. The zero-order valence-electron chi connectivity index (χ0n) is 12.7. The fraction of sp³-hybridized carbons (Fsp3) is 0.0588. The third kappa shape index (κ3) is 3.16. The molecule has 0 unspecified atom stereocenters. The van der Waals surface area contributed by atoms with Gasteiger partial charge >= 0.3 is 0 Å². The monoisotopic (exact) mass is 348 g/mol. The van der Waals surface area contributed by atoms with Crippen LogP contribution in [0.25, 0.3) is 11.3 Å². The predicted molar refractivity (Wildman–Crippen MR) is 88.1 cm³/mol. The predicted octanol–water partition coefficient (Wildman–Crippen LogP) is 4.07. The highest BCUT2D eigenvalue weighted by Gasteiger charge is 2.19. The molecule has 3 rings (SSSR count). The van der Waals surface area contributed by atoms with Crippen LogP contribution in [0.15, 0.2) is 59.6 Å². The van der Waals surface area contributed by atoms with Crippen LogP contribution in [0.3, 0.4) is 0 Å². The Bertz CT molecular complexity index is 997. The number of H-pyrrole nitrogens is 1. The van der Waals surface area contributed by atoms with Gasteiger partial charge in [-0.05, 0) is 42.8 Å². The molecule has 0 saturated carbocycles. The molecule has 124 valence electrons. The van der Waals surface area contributed by atoms with E-state index in [1.54, 1.807) is 25.1 Å². The van der Waals surface area contributed by atoms with Crippen LogP contribution >= 0.6 is 0 Å². The zero-order chi connectivity index (χ0) is 17.3. The van der Waals surface area contributed by atoms with Crippen molar-refractivity contribution in [3.8, 4) is 11.3 Å². The van der Waals surface area contributed by atoms with Gasteiger partial charge in [0.25, 0.3) is 10.0 Å². The van der Waals surface area contributed by atoms with Crippen LogP contribution < -0.4 is 4.72 Å². The van der Waals surface area contributed by atoms with E-state index in [9.17, 15) is 17.2 Å². The largest absolute Gasteiger partial charge is 0.360 e. The number of halogens is 2. The number of rotatable bonds is 4. The van der Waals surface area contributed by atoms with Crippen LogP contribution in [0.4, 0.5) is 14.5 Å². The summed E-state index contributed by atoms with van der Waals surface area (Å²) >= 11 is 0. The van der Waals surface area contributed by atoms with Crippen LogP contribution in [-0.4, -0.2) is 13.4 Å². The van der Waals surface area contributed by atoms with Crippen molar-refractivity contribution in [2.75, 3.05) is 4.72 Å². The molecule has 0 atom stereocenters. The minimum atomic E-state index is -3.99. The molecule has 0 saturated heterocycles. The Hall–Kier alpha value is -2.67. The minimum Gasteiger partial charge on any atom is -0.360 e. The van der Waals surface area contributed by atoms with Crippen LogP contribution in [0.1, 0.15) is 5.56 Å². The standard InChI is InChI=1S/C17H14F2N2O2S/c1-11-6-7-16(15(19)8-11)21-24(22,23)12-9-17(20-10-12)13-4-2-3-5-14(13)18/h2-10,20-21H,1H3. The summed E-state index contributed by atoms with van der Waals surface area (Å²) in [5, 5.41) is 0. The molecule has 2 aromatic carbocycles. The minimum absolute atomic E-state index is 0.110. The van der Waals surface area contributed by atoms with Gasteiger partial charge in [0.15, 0.2) is 0 Å². The molecule has 3 aromatic rings. The number of hydrogen-bond donors (Lipinski definition) is 2. The number of nitrogens with one attached hydrogen (secondary N) is 2. The van der Waals surface area contributed by atoms with Crippen molar-refractivity contribution >= 4 is 15.7 Å². The van der Waals surface area contributed by atoms with E-state index in [1.807, 2.05) is 0 Å². The van der Waals surface area contributed by atoms with Gasteiger partial charge in [-0.15, -0.1) is 0 Å². The van der Waals surface area contributed by atoms with Crippen molar-refractivity contribution in [1.29, 1.82) is 0 Å². The van der Waals surface area contributed by atoms with Gasteiger partial charge in [0, 0.05) is 17.5 Å². The van der Waals surface area contributed by atoms with E-state index in [0.29, 0.717) is 11.3 Å². The Morgan fingerprint density at radius 2 is 1.75 bits per heavy atom. The second kappa shape index (κ2) is 6.09. The van der Waals surface area contributed by atoms with E-state index < -0.39 is 21.7 Å². The number of hydrogen-bond acceptors (Lipinski definition) is 2. The molecule has 24 heavy (non-hydrogen) atoms. The van der Waals surface area contributed by atoms with Crippen LogP contribution in [0.5, 0.6) is 0 Å². The highest BCUT2D eigenvalue weighted by molar-refractivity contribution is 7.92. The molecule has 0 radical (unpaired) electrons. The number of aromatic nitrogens is 1. The van der Waals surface area contributed by atoms with Gasteiger partial charge in [-0.3, -0.25) is 4.72 Å². The highest BCUT2D eigenvalue weighted by atomic mass is 32.2. The summed E-state index contributed by atoms with van der Waals surface area (Å²) in [5.41, 5.74) is 1.10. The second-order valence-corrected chi connectivity index (χ2v) is 7.00. The molecule has 0 amide bonds. The van der Waals surface area contributed by atoms with Crippen LogP contribution in [0.2, 0.25) is 0 Å². The van der Waals surface area contributed by atoms with Gasteiger partial charge in [-0.25, -0.2) is 17.2 Å². The fourth-order valence-electron chi connectivity index (χ4n) is 2.27. The summed E-state index contributed by atoms with van der Waals surface area (Å²) in [5.74, 6) is -1.13. The van der Waals surface area contributed by atoms with E-state index >= 15 is 0 Å². The van der Waals surface area contributed by atoms with E-state index in [2.05, 4.69) is 9.71 Å². The van der Waals surface area contributed by atoms with Crippen LogP contribution in [0, 0.1) is 18.6 Å². The van der Waals surface area contributed by atoms with E-state index in [0.717, 1.165) is 0 Å². The number of sulfonamides is 1. The third-order valence-corrected chi connectivity index (χ3v) is 4.84. The van der Waals surface area contributed by atoms with E-state index in [1.165, 1.54) is 36.5 Å². The van der Waals surface area contributed by atoms with Crippen molar-refractivity contribution in [1.82, 2.24) is 4.98 Å². The maximum absolute atomic E-state index is 13.8. The summed E-state index contributed by atoms with van der Waals surface area (Å²) in [7, 11) is -3.99. The lowest BCUT2D eigenvalue weighted by Gasteiger charge is -2.08. The first-order valence-electron chi connectivity index (χ1n) is 7.09. The Kier molecular flexibility index (Phi) is 4.11. The van der Waals surface area contributed by atoms with Crippen molar-refractivity contribution in [2.24, 2.45) is 0 Å². The lowest BCUT2D eigenvalue weighted by Crippen LogP contribution is -2.13. The van der Waals surface area contributed by atoms with E-state index in [-0.39, 0.29) is 16.1 Å². The molecule has 2 N–H and O–H groups in total. The molecule has 1 heterocycles. The maximum atomic E-state index is 13.8. The molecule has 0 aliphatic rings. The molecule has 4 nitrogen and oxygen atoms in total. The normalized spacial score (nSPS) is 11.5. The van der Waals surface area contributed by atoms with Gasteiger partial charge in [0.1, 0.15) is 16.5 Å². The SMILES string of the molecule is Cc1ccc(NS(=O)(=O)c2c[nH]c(-c3ccccc3F)c2)c(F)c1. The number of aromatic amines is 1. The Morgan fingerprint density at radius 1 is 1.00 bits per heavy atom. The van der Waals surface area contributed by atoms with Gasteiger partial charge in [0.2, 0.25) is 0 Å². The average Bonchev–Trinajstić information content (AvgIpc) is 3.01. The first-order valence-corrected chi connectivity index (χ1v) is 8.57. The van der Waals surface area contributed by atoms with Crippen LogP contribution in [-0.2, 0) is 10.0 Å². The highest BCUT2D eigenvalue weighted by Crippen LogP contribution is 2.26. The zero-order valence-corrected chi connectivity index (χ0v) is 13.5. The molecule has 0 fully saturated rings.